The summed E-state index contributed by atoms with van der Waals surface area (Å²) in [4.78, 5) is 8.88. The summed E-state index contributed by atoms with van der Waals surface area (Å²) < 4.78 is 0. The largest absolute Gasteiger partial charge is 0.396 e. The predicted molar refractivity (Wildman–Crippen MR) is 83.9 cm³/mol. The lowest BCUT2D eigenvalue weighted by Gasteiger charge is -2.18. The van der Waals surface area contributed by atoms with Crippen LogP contribution in [-0.2, 0) is 0 Å². The highest BCUT2D eigenvalue weighted by Crippen LogP contribution is 2.22. The van der Waals surface area contributed by atoms with Gasteiger partial charge >= 0.3 is 0 Å². The van der Waals surface area contributed by atoms with Crippen molar-refractivity contribution in [3.8, 4) is 0 Å². The van der Waals surface area contributed by atoms with Gasteiger partial charge in [0.05, 0.1) is 0 Å². The van der Waals surface area contributed by atoms with E-state index in [0.717, 1.165) is 43.0 Å². The predicted octanol–water partition coefficient (Wildman–Crippen LogP) is 2.70. The molecule has 20 heavy (non-hydrogen) atoms. The monoisotopic (exact) mass is 280 g/mol. The van der Waals surface area contributed by atoms with Crippen LogP contribution in [0.2, 0.25) is 0 Å². The lowest BCUT2D eigenvalue weighted by molar-refractivity contribution is 0.255. The summed E-state index contributed by atoms with van der Waals surface area (Å²) in [5.74, 6) is 2.84. The van der Waals surface area contributed by atoms with E-state index in [-0.39, 0.29) is 12.5 Å². The van der Waals surface area contributed by atoms with Gasteiger partial charge in [-0.3, -0.25) is 0 Å². The quantitative estimate of drug-likeness (QED) is 0.682. The molecule has 0 saturated heterocycles. The SMILES string of the molecule is CCCC(CCO)CNc1nc(C(C)C)nc(N)c1C. The van der Waals surface area contributed by atoms with Crippen molar-refractivity contribution in [3.05, 3.63) is 11.4 Å². The molecule has 1 atom stereocenters. The number of nitrogens with one attached hydrogen (secondary N) is 1. The second-order valence-electron chi connectivity index (χ2n) is 5.64. The van der Waals surface area contributed by atoms with E-state index >= 15 is 0 Å². The molecule has 1 unspecified atom stereocenters. The Hall–Kier alpha value is -1.36. The number of anilines is 2. The van der Waals surface area contributed by atoms with Gasteiger partial charge in [-0.2, -0.15) is 0 Å². The Morgan fingerprint density at radius 1 is 1.25 bits per heavy atom. The topological polar surface area (TPSA) is 84.1 Å². The van der Waals surface area contributed by atoms with Crippen LogP contribution in [0, 0.1) is 12.8 Å². The van der Waals surface area contributed by atoms with E-state index in [1.54, 1.807) is 0 Å². The number of hydrogen-bond donors (Lipinski definition) is 3. The van der Waals surface area contributed by atoms with Crippen LogP contribution in [-0.4, -0.2) is 28.2 Å². The maximum absolute atomic E-state index is 9.10. The highest BCUT2D eigenvalue weighted by Gasteiger charge is 2.13. The van der Waals surface area contributed by atoms with Crippen molar-refractivity contribution in [1.29, 1.82) is 0 Å². The summed E-state index contributed by atoms with van der Waals surface area (Å²) in [7, 11) is 0. The second kappa shape index (κ2) is 8.04. The summed E-state index contributed by atoms with van der Waals surface area (Å²) in [6, 6.07) is 0. The standard InChI is InChI=1S/C15H28N4O/c1-5-6-12(7-8-20)9-17-15-11(4)13(16)18-14(19-15)10(2)3/h10,12,20H,5-9H2,1-4H3,(H3,16,17,18,19). The Morgan fingerprint density at radius 3 is 2.50 bits per heavy atom. The van der Waals surface area contributed by atoms with Crippen LogP contribution >= 0.6 is 0 Å². The minimum atomic E-state index is 0.231. The number of nitrogen functional groups attached to an aromatic ring is 1. The average Bonchev–Trinajstić information content (AvgIpc) is 2.40. The van der Waals surface area contributed by atoms with Crippen molar-refractivity contribution in [3.63, 3.8) is 0 Å². The summed E-state index contributed by atoms with van der Waals surface area (Å²) in [5.41, 5.74) is 6.85. The third-order valence-corrected chi connectivity index (χ3v) is 3.51. The summed E-state index contributed by atoms with van der Waals surface area (Å²) in [6.07, 6.45) is 3.04. The van der Waals surface area contributed by atoms with Crippen LogP contribution in [0.15, 0.2) is 0 Å². The van der Waals surface area contributed by atoms with Gasteiger partial charge in [-0.15, -0.1) is 0 Å². The third kappa shape index (κ3) is 4.63. The molecular weight excluding hydrogens is 252 g/mol. The molecule has 0 aliphatic heterocycles. The first-order valence-corrected chi connectivity index (χ1v) is 7.48. The molecule has 0 bridgehead atoms. The van der Waals surface area contributed by atoms with Gasteiger partial charge in [0.2, 0.25) is 0 Å². The van der Waals surface area contributed by atoms with Crippen molar-refractivity contribution >= 4 is 11.6 Å². The van der Waals surface area contributed by atoms with Crippen molar-refractivity contribution in [1.82, 2.24) is 9.97 Å². The van der Waals surface area contributed by atoms with Crippen molar-refractivity contribution < 1.29 is 5.11 Å². The zero-order valence-corrected chi connectivity index (χ0v) is 13.1. The van der Waals surface area contributed by atoms with Gasteiger partial charge in [0.25, 0.3) is 0 Å². The van der Waals surface area contributed by atoms with Crippen molar-refractivity contribution in [2.24, 2.45) is 5.92 Å². The molecule has 1 aromatic rings. The highest BCUT2D eigenvalue weighted by molar-refractivity contribution is 5.54. The molecule has 0 spiro atoms. The first-order chi connectivity index (χ1) is 9.49. The zero-order chi connectivity index (χ0) is 15.1. The molecule has 0 aliphatic carbocycles. The Kier molecular flexibility index (Phi) is 6.71. The van der Waals surface area contributed by atoms with Crippen LogP contribution < -0.4 is 11.1 Å². The van der Waals surface area contributed by atoms with E-state index in [4.69, 9.17) is 10.8 Å². The van der Waals surface area contributed by atoms with Gasteiger partial charge in [-0.1, -0.05) is 27.2 Å². The fourth-order valence-electron chi connectivity index (χ4n) is 2.16. The van der Waals surface area contributed by atoms with Crippen molar-refractivity contribution in [2.45, 2.75) is 52.9 Å². The summed E-state index contributed by atoms with van der Waals surface area (Å²) in [5, 5.41) is 12.5. The van der Waals surface area contributed by atoms with Gasteiger partial charge in [0.1, 0.15) is 17.5 Å². The number of rotatable bonds is 8. The van der Waals surface area contributed by atoms with E-state index in [1.807, 2.05) is 6.92 Å². The van der Waals surface area contributed by atoms with Gasteiger partial charge in [-0.05, 0) is 25.7 Å². The second-order valence-corrected chi connectivity index (χ2v) is 5.64. The molecule has 0 saturated carbocycles. The molecule has 5 heteroatoms. The van der Waals surface area contributed by atoms with E-state index in [2.05, 4.69) is 36.1 Å². The van der Waals surface area contributed by atoms with Gasteiger partial charge in [-0.25, -0.2) is 9.97 Å². The van der Waals surface area contributed by atoms with E-state index in [0.29, 0.717) is 11.7 Å². The smallest absolute Gasteiger partial charge is 0.135 e. The molecular formula is C15H28N4O. The fraction of sp³-hybridized carbons (Fsp3) is 0.733. The third-order valence-electron chi connectivity index (χ3n) is 3.51. The molecule has 1 rings (SSSR count). The Labute approximate surface area is 122 Å². The molecule has 1 aromatic heterocycles. The lowest BCUT2D eigenvalue weighted by atomic mass is 10.0. The van der Waals surface area contributed by atoms with Gasteiger partial charge < -0.3 is 16.2 Å². The summed E-state index contributed by atoms with van der Waals surface area (Å²) >= 11 is 0. The number of nitrogens with zero attached hydrogens (tertiary/aromatic N) is 2. The highest BCUT2D eigenvalue weighted by atomic mass is 16.3. The van der Waals surface area contributed by atoms with E-state index < -0.39 is 0 Å². The Bertz CT molecular complexity index is 415. The minimum Gasteiger partial charge on any atom is -0.396 e. The normalized spacial score (nSPS) is 12.7. The minimum absolute atomic E-state index is 0.231. The molecule has 0 aliphatic rings. The van der Waals surface area contributed by atoms with Crippen LogP contribution in [0.25, 0.3) is 0 Å². The number of aromatic nitrogens is 2. The summed E-state index contributed by atoms with van der Waals surface area (Å²) in [6.45, 7) is 9.24. The van der Waals surface area contributed by atoms with E-state index in [9.17, 15) is 0 Å². The molecule has 0 fully saturated rings. The van der Waals surface area contributed by atoms with E-state index in [1.165, 1.54) is 0 Å². The van der Waals surface area contributed by atoms with Crippen molar-refractivity contribution in [2.75, 3.05) is 24.2 Å². The van der Waals surface area contributed by atoms with Crippen LogP contribution in [0.4, 0.5) is 11.6 Å². The number of aliphatic hydroxyl groups excluding tert-OH is 1. The zero-order valence-electron chi connectivity index (χ0n) is 13.1. The number of hydrogen-bond acceptors (Lipinski definition) is 5. The lowest BCUT2D eigenvalue weighted by Crippen LogP contribution is -2.18. The van der Waals surface area contributed by atoms with Crippen LogP contribution in [0.5, 0.6) is 0 Å². The van der Waals surface area contributed by atoms with Crippen LogP contribution in [0.3, 0.4) is 0 Å². The van der Waals surface area contributed by atoms with Gasteiger partial charge in [0.15, 0.2) is 0 Å². The first kappa shape index (κ1) is 16.7. The fourth-order valence-corrected chi connectivity index (χ4v) is 2.16. The maximum Gasteiger partial charge on any atom is 0.135 e. The molecule has 5 nitrogen and oxygen atoms in total. The molecule has 114 valence electrons. The first-order valence-electron chi connectivity index (χ1n) is 7.48. The average molecular weight is 280 g/mol. The number of aliphatic hydroxyl groups is 1. The molecule has 0 aromatic carbocycles. The Balaban J connectivity index is 2.80. The van der Waals surface area contributed by atoms with Gasteiger partial charge in [0, 0.05) is 24.6 Å². The molecule has 0 amide bonds. The molecule has 1 heterocycles. The number of nitrogens with two attached hydrogens (primary N) is 1. The Morgan fingerprint density at radius 2 is 1.95 bits per heavy atom. The molecule has 0 radical (unpaired) electrons. The maximum atomic E-state index is 9.10. The van der Waals surface area contributed by atoms with Crippen LogP contribution in [0.1, 0.15) is 57.3 Å². The molecule has 4 N–H and O–H groups in total.